The Kier molecular flexibility index (Phi) is 4.21. The van der Waals surface area contributed by atoms with Crippen LogP contribution in [0.5, 0.6) is 5.75 Å². The third-order valence-electron chi connectivity index (χ3n) is 3.26. The second-order valence-corrected chi connectivity index (χ2v) is 4.76. The summed E-state index contributed by atoms with van der Waals surface area (Å²) >= 11 is 0. The Morgan fingerprint density at radius 1 is 1.17 bits per heavy atom. The van der Waals surface area contributed by atoms with Crippen LogP contribution >= 0.6 is 0 Å². The van der Waals surface area contributed by atoms with E-state index in [1.54, 1.807) is 43.5 Å². The lowest BCUT2D eigenvalue weighted by Crippen LogP contribution is -2.11. The van der Waals surface area contributed by atoms with Crippen LogP contribution in [0.1, 0.15) is 15.9 Å². The molecular formula is C17H12N4O3. The highest BCUT2D eigenvalue weighted by Crippen LogP contribution is 2.29. The molecule has 3 rings (SSSR count). The summed E-state index contributed by atoms with van der Waals surface area (Å²) in [5.74, 6) is 0.420. The van der Waals surface area contributed by atoms with Gasteiger partial charge in [0, 0.05) is 5.56 Å². The molecule has 118 valence electrons. The molecule has 0 unspecified atom stereocenters. The number of benzene rings is 2. The highest BCUT2D eigenvalue weighted by atomic mass is 16.5. The summed E-state index contributed by atoms with van der Waals surface area (Å²) < 4.78 is 10.7. The molecule has 1 aromatic heterocycles. The van der Waals surface area contributed by atoms with Gasteiger partial charge in [-0.2, -0.15) is 5.26 Å². The van der Waals surface area contributed by atoms with Crippen LogP contribution < -0.4 is 10.1 Å². The Bertz CT molecular complexity index is 910. The van der Waals surface area contributed by atoms with E-state index in [4.69, 9.17) is 14.4 Å². The number of nitriles is 1. The van der Waals surface area contributed by atoms with E-state index in [2.05, 4.69) is 15.5 Å². The van der Waals surface area contributed by atoms with Gasteiger partial charge in [-0.3, -0.25) is 10.1 Å². The molecule has 24 heavy (non-hydrogen) atoms. The molecule has 0 bridgehead atoms. The molecular weight excluding hydrogens is 308 g/mol. The normalized spacial score (nSPS) is 10.0. The van der Waals surface area contributed by atoms with E-state index < -0.39 is 5.91 Å². The fourth-order valence-electron chi connectivity index (χ4n) is 2.07. The number of hydrogen-bond donors (Lipinski definition) is 1. The lowest BCUT2D eigenvalue weighted by atomic mass is 10.1. The lowest BCUT2D eigenvalue weighted by Gasteiger charge is -2.03. The number of nitrogens with one attached hydrogen (secondary N) is 1. The molecule has 0 aliphatic heterocycles. The zero-order valence-electron chi connectivity index (χ0n) is 12.7. The van der Waals surface area contributed by atoms with E-state index in [1.165, 1.54) is 0 Å². The van der Waals surface area contributed by atoms with Crippen LogP contribution in [0.25, 0.3) is 11.5 Å². The van der Waals surface area contributed by atoms with Crippen molar-refractivity contribution < 1.29 is 13.9 Å². The molecule has 1 amide bonds. The van der Waals surface area contributed by atoms with E-state index >= 15 is 0 Å². The van der Waals surface area contributed by atoms with Crippen molar-refractivity contribution in [3.63, 3.8) is 0 Å². The highest BCUT2D eigenvalue weighted by molar-refractivity contribution is 6.03. The van der Waals surface area contributed by atoms with Crippen LogP contribution in [0, 0.1) is 11.3 Å². The molecule has 0 spiro atoms. The number of nitrogens with zero attached hydrogens (tertiary/aromatic N) is 3. The van der Waals surface area contributed by atoms with Gasteiger partial charge in [-0.1, -0.05) is 17.2 Å². The first-order valence-corrected chi connectivity index (χ1v) is 6.99. The zero-order valence-corrected chi connectivity index (χ0v) is 12.7. The maximum atomic E-state index is 12.1. The molecule has 3 aromatic rings. The van der Waals surface area contributed by atoms with Crippen LogP contribution in [0.3, 0.4) is 0 Å². The second kappa shape index (κ2) is 6.62. The summed E-state index contributed by atoms with van der Waals surface area (Å²) in [6.07, 6.45) is 0. The molecule has 0 saturated heterocycles. The van der Waals surface area contributed by atoms with Crippen molar-refractivity contribution in [1.82, 2.24) is 10.2 Å². The van der Waals surface area contributed by atoms with Gasteiger partial charge >= 0.3 is 6.01 Å². The summed E-state index contributed by atoms with van der Waals surface area (Å²) in [5.41, 5.74) is 1.49. The molecule has 0 aliphatic carbocycles. The van der Waals surface area contributed by atoms with Gasteiger partial charge in [-0.15, -0.1) is 5.10 Å². The molecule has 7 heteroatoms. The lowest BCUT2D eigenvalue weighted by molar-refractivity contribution is 0.102. The van der Waals surface area contributed by atoms with Gasteiger partial charge in [-0.05, 0) is 36.4 Å². The van der Waals surface area contributed by atoms with Crippen LogP contribution in [-0.4, -0.2) is 23.2 Å². The number of carbonyl (C=O) groups is 1. The number of ether oxygens (including phenoxy) is 1. The monoisotopic (exact) mass is 320 g/mol. The van der Waals surface area contributed by atoms with E-state index in [0.717, 1.165) is 0 Å². The van der Waals surface area contributed by atoms with Crippen molar-refractivity contribution >= 4 is 11.9 Å². The van der Waals surface area contributed by atoms with Crippen LogP contribution in [0.15, 0.2) is 52.9 Å². The molecule has 0 atom stereocenters. The minimum absolute atomic E-state index is 0.0229. The topological polar surface area (TPSA) is 101 Å². The zero-order chi connectivity index (χ0) is 16.9. The van der Waals surface area contributed by atoms with E-state index in [9.17, 15) is 4.79 Å². The molecule has 7 nitrogen and oxygen atoms in total. The molecule has 1 heterocycles. The fraction of sp³-hybridized carbons (Fsp3) is 0.0588. The van der Waals surface area contributed by atoms with Crippen molar-refractivity contribution in [2.75, 3.05) is 12.4 Å². The van der Waals surface area contributed by atoms with Gasteiger partial charge in [0.1, 0.15) is 5.75 Å². The van der Waals surface area contributed by atoms with Crippen molar-refractivity contribution in [2.24, 2.45) is 0 Å². The summed E-state index contributed by atoms with van der Waals surface area (Å²) in [7, 11) is 1.54. The Hall–Kier alpha value is -3.66. The van der Waals surface area contributed by atoms with Crippen LogP contribution in [0.2, 0.25) is 0 Å². The number of rotatable bonds is 4. The first-order valence-electron chi connectivity index (χ1n) is 6.99. The maximum Gasteiger partial charge on any atom is 0.322 e. The average Bonchev–Trinajstić information content (AvgIpc) is 3.10. The van der Waals surface area contributed by atoms with Gasteiger partial charge in [0.15, 0.2) is 0 Å². The number of amides is 1. The van der Waals surface area contributed by atoms with Crippen LogP contribution in [-0.2, 0) is 0 Å². The van der Waals surface area contributed by atoms with Crippen molar-refractivity contribution in [1.29, 1.82) is 5.26 Å². The molecule has 1 N–H and O–H groups in total. The van der Waals surface area contributed by atoms with E-state index in [-0.39, 0.29) is 11.9 Å². The highest BCUT2D eigenvalue weighted by Gasteiger charge is 2.15. The predicted molar refractivity (Wildman–Crippen MR) is 85.4 cm³/mol. The summed E-state index contributed by atoms with van der Waals surface area (Å²) in [4.78, 5) is 12.1. The Morgan fingerprint density at radius 2 is 1.92 bits per heavy atom. The maximum absolute atomic E-state index is 12.1. The van der Waals surface area contributed by atoms with Gasteiger partial charge < -0.3 is 9.15 Å². The summed E-state index contributed by atoms with van der Waals surface area (Å²) in [6.45, 7) is 0. The summed E-state index contributed by atoms with van der Waals surface area (Å²) in [6, 6.07) is 15.4. The molecule has 0 saturated carbocycles. The standard InChI is InChI=1S/C17H12N4O3/c1-23-14-5-3-2-4-13(14)16-20-21-17(24-16)19-15(22)12-8-6-11(10-18)7-9-12/h2-9H,1H3,(H,19,21,22). The van der Waals surface area contributed by atoms with Gasteiger partial charge in [0.05, 0.1) is 24.3 Å². The Labute approximate surface area is 137 Å². The largest absolute Gasteiger partial charge is 0.496 e. The van der Waals surface area contributed by atoms with Crippen molar-refractivity contribution in [2.45, 2.75) is 0 Å². The van der Waals surface area contributed by atoms with E-state index in [1.807, 2.05) is 18.2 Å². The predicted octanol–water partition coefficient (Wildman–Crippen LogP) is 2.87. The Balaban J connectivity index is 1.78. The van der Waals surface area contributed by atoms with Gasteiger partial charge in [0.2, 0.25) is 0 Å². The fourth-order valence-corrected chi connectivity index (χ4v) is 2.07. The number of carbonyl (C=O) groups excluding carboxylic acids is 1. The molecule has 0 radical (unpaired) electrons. The number of hydrogen-bond acceptors (Lipinski definition) is 6. The third-order valence-corrected chi connectivity index (χ3v) is 3.26. The number of anilines is 1. The Morgan fingerprint density at radius 3 is 2.62 bits per heavy atom. The first kappa shape index (κ1) is 15.2. The molecule has 0 fully saturated rings. The number of methoxy groups -OCH3 is 1. The average molecular weight is 320 g/mol. The molecule has 2 aromatic carbocycles. The quantitative estimate of drug-likeness (QED) is 0.793. The van der Waals surface area contributed by atoms with Gasteiger partial charge in [-0.25, -0.2) is 0 Å². The van der Waals surface area contributed by atoms with Crippen LogP contribution in [0.4, 0.5) is 6.01 Å². The smallest absolute Gasteiger partial charge is 0.322 e. The second-order valence-electron chi connectivity index (χ2n) is 4.76. The SMILES string of the molecule is COc1ccccc1-c1nnc(NC(=O)c2ccc(C#N)cc2)o1. The first-order chi connectivity index (χ1) is 11.7. The minimum Gasteiger partial charge on any atom is -0.496 e. The minimum atomic E-state index is -0.408. The molecule has 0 aliphatic rings. The van der Waals surface area contributed by atoms with Crippen molar-refractivity contribution in [3.05, 3.63) is 59.7 Å². The van der Waals surface area contributed by atoms with Gasteiger partial charge in [0.25, 0.3) is 11.8 Å². The summed E-state index contributed by atoms with van der Waals surface area (Å²) in [5, 5.41) is 19.0. The number of aromatic nitrogens is 2. The third kappa shape index (κ3) is 3.08. The number of para-hydroxylation sites is 1. The van der Waals surface area contributed by atoms with E-state index in [0.29, 0.717) is 22.4 Å². The van der Waals surface area contributed by atoms with Crippen molar-refractivity contribution in [3.8, 4) is 23.3 Å².